The normalized spacial score (nSPS) is 19.6. The molecule has 2 aromatic heterocycles. The molecular formula is C22H27ClFN7O. The van der Waals surface area contributed by atoms with Crippen molar-refractivity contribution < 1.29 is 9.18 Å². The van der Waals surface area contributed by atoms with Crippen molar-refractivity contribution in [3.05, 3.63) is 35.2 Å². The van der Waals surface area contributed by atoms with Crippen molar-refractivity contribution in [3.8, 4) is 0 Å². The SMILES string of the molecule is CCC(C)Nc1ncc2nc(Nc3c(F)cccc3Cl)n(C3CCC(C(N)=O)CC3)c2n1. The third kappa shape index (κ3) is 4.48. The zero-order valence-corrected chi connectivity index (χ0v) is 18.9. The largest absolute Gasteiger partial charge is 0.369 e. The number of halogens is 2. The summed E-state index contributed by atoms with van der Waals surface area (Å²) in [4.78, 5) is 25.4. The second-order valence-electron chi connectivity index (χ2n) is 8.29. The molecule has 1 aromatic carbocycles. The summed E-state index contributed by atoms with van der Waals surface area (Å²) in [7, 11) is 0. The number of imidazole rings is 1. The number of anilines is 3. The van der Waals surface area contributed by atoms with Crippen LogP contribution in [0.15, 0.2) is 24.4 Å². The molecule has 0 aliphatic heterocycles. The number of hydrogen-bond donors (Lipinski definition) is 3. The zero-order chi connectivity index (χ0) is 22.8. The number of carbonyl (C=O) groups excluding carboxylic acids is 1. The minimum atomic E-state index is -0.473. The number of amides is 1. The highest BCUT2D eigenvalue weighted by molar-refractivity contribution is 6.33. The third-order valence-electron chi connectivity index (χ3n) is 6.08. The van der Waals surface area contributed by atoms with E-state index in [-0.39, 0.29) is 34.6 Å². The van der Waals surface area contributed by atoms with E-state index < -0.39 is 5.82 Å². The number of fused-ring (bicyclic) bond motifs is 1. The molecule has 8 nitrogen and oxygen atoms in total. The van der Waals surface area contributed by atoms with Gasteiger partial charge in [-0.15, -0.1) is 0 Å². The van der Waals surface area contributed by atoms with Crippen molar-refractivity contribution in [2.24, 2.45) is 11.7 Å². The van der Waals surface area contributed by atoms with E-state index in [1.54, 1.807) is 18.3 Å². The molecule has 4 rings (SSSR count). The molecule has 1 unspecified atom stereocenters. The minimum Gasteiger partial charge on any atom is -0.369 e. The van der Waals surface area contributed by atoms with Gasteiger partial charge in [0.1, 0.15) is 11.3 Å². The Morgan fingerprint density at radius 1 is 1.31 bits per heavy atom. The van der Waals surface area contributed by atoms with E-state index in [9.17, 15) is 9.18 Å². The maximum absolute atomic E-state index is 14.5. The second-order valence-corrected chi connectivity index (χ2v) is 8.70. The lowest BCUT2D eigenvalue weighted by Crippen LogP contribution is -2.29. The Balaban J connectivity index is 1.76. The average molecular weight is 460 g/mol. The first-order chi connectivity index (χ1) is 15.4. The standard InChI is InChI=1S/C22H27ClFN7O/c1-3-12(2)27-21-26-11-17-20(30-21)31(14-9-7-13(8-10-14)19(25)32)22(28-17)29-18-15(23)5-4-6-16(18)24/h4-6,11-14H,3,7-10H2,1-2H3,(H2,25,32)(H,28,29)(H,26,27,30). The Morgan fingerprint density at radius 3 is 2.72 bits per heavy atom. The van der Waals surface area contributed by atoms with E-state index in [2.05, 4.69) is 34.4 Å². The van der Waals surface area contributed by atoms with Gasteiger partial charge in [0.25, 0.3) is 0 Å². The number of carbonyl (C=O) groups is 1. The molecule has 0 radical (unpaired) electrons. The molecule has 0 saturated heterocycles. The van der Waals surface area contributed by atoms with Crippen molar-refractivity contribution in [1.82, 2.24) is 19.5 Å². The highest BCUT2D eigenvalue weighted by Crippen LogP contribution is 2.38. The van der Waals surface area contributed by atoms with Crippen LogP contribution in [0.1, 0.15) is 52.0 Å². The smallest absolute Gasteiger partial charge is 0.224 e. The van der Waals surface area contributed by atoms with Crippen LogP contribution in [0.3, 0.4) is 0 Å². The van der Waals surface area contributed by atoms with Gasteiger partial charge in [-0.05, 0) is 51.2 Å². The van der Waals surface area contributed by atoms with Gasteiger partial charge in [-0.2, -0.15) is 4.98 Å². The zero-order valence-electron chi connectivity index (χ0n) is 18.1. The lowest BCUT2D eigenvalue weighted by Gasteiger charge is -2.29. The van der Waals surface area contributed by atoms with Crippen LogP contribution < -0.4 is 16.4 Å². The maximum atomic E-state index is 14.5. The number of nitrogens with one attached hydrogen (secondary N) is 2. The number of hydrogen-bond acceptors (Lipinski definition) is 6. The van der Waals surface area contributed by atoms with E-state index in [4.69, 9.17) is 22.3 Å². The molecular weight excluding hydrogens is 433 g/mol. The van der Waals surface area contributed by atoms with Crippen molar-refractivity contribution in [1.29, 1.82) is 0 Å². The second kappa shape index (κ2) is 9.28. The maximum Gasteiger partial charge on any atom is 0.224 e. The van der Waals surface area contributed by atoms with Gasteiger partial charge in [-0.1, -0.05) is 24.6 Å². The first kappa shape index (κ1) is 22.3. The van der Waals surface area contributed by atoms with Crippen LogP contribution in [0.25, 0.3) is 11.2 Å². The quantitative estimate of drug-likeness (QED) is 0.468. The molecule has 0 spiro atoms. The minimum absolute atomic E-state index is 0.0231. The molecule has 3 aromatic rings. The van der Waals surface area contributed by atoms with E-state index in [1.165, 1.54) is 6.07 Å². The average Bonchev–Trinajstić information content (AvgIpc) is 3.13. The molecule has 1 aliphatic rings. The highest BCUT2D eigenvalue weighted by atomic mass is 35.5. The van der Waals surface area contributed by atoms with E-state index in [0.717, 1.165) is 19.3 Å². The molecule has 1 fully saturated rings. The van der Waals surface area contributed by atoms with Gasteiger partial charge in [-0.3, -0.25) is 9.36 Å². The number of primary amides is 1. The number of benzene rings is 1. The van der Waals surface area contributed by atoms with Gasteiger partial charge in [0.2, 0.25) is 17.8 Å². The van der Waals surface area contributed by atoms with Crippen LogP contribution in [-0.2, 0) is 4.79 Å². The predicted molar refractivity (Wildman–Crippen MR) is 124 cm³/mol. The molecule has 1 amide bonds. The fraction of sp³-hybridized carbons (Fsp3) is 0.455. The molecule has 0 bridgehead atoms. The molecule has 1 aliphatic carbocycles. The van der Waals surface area contributed by atoms with E-state index in [1.807, 2.05) is 4.57 Å². The predicted octanol–water partition coefficient (Wildman–Crippen LogP) is 4.79. The van der Waals surface area contributed by atoms with Crippen LogP contribution in [0.5, 0.6) is 0 Å². The molecule has 170 valence electrons. The summed E-state index contributed by atoms with van der Waals surface area (Å²) < 4.78 is 16.4. The number of nitrogens with two attached hydrogens (primary N) is 1. The lowest BCUT2D eigenvalue weighted by molar-refractivity contribution is -0.122. The van der Waals surface area contributed by atoms with Crippen LogP contribution >= 0.6 is 11.6 Å². The summed E-state index contributed by atoms with van der Waals surface area (Å²) in [5.74, 6) is 0.0751. The monoisotopic (exact) mass is 459 g/mol. The number of aromatic nitrogens is 4. The van der Waals surface area contributed by atoms with Gasteiger partial charge in [0.15, 0.2) is 5.65 Å². The fourth-order valence-electron chi connectivity index (χ4n) is 4.06. The molecule has 1 saturated carbocycles. The van der Waals surface area contributed by atoms with Gasteiger partial charge in [0, 0.05) is 18.0 Å². The van der Waals surface area contributed by atoms with Gasteiger partial charge >= 0.3 is 0 Å². The van der Waals surface area contributed by atoms with Crippen molar-refractivity contribution in [2.45, 2.75) is 58.0 Å². The van der Waals surface area contributed by atoms with Crippen LogP contribution in [0, 0.1) is 11.7 Å². The van der Waals surface area contributed by atoms with Crippen LogP contribution in [0.2, 0.25) is 5.02 Å². The summed E-state index contributed by atoms with van der Waals surface area (Å²) in [6.07, 6.45) is 5.42. The molecule has 1 atom stereocenters. The van der Waals surface area contributed by atoms with Crippen molar-refractivity contribution >= 4 is 46.3 Å². The number of para-hydroxylation sites is 1. The summed E-state index contributed by atoms with van der Waals surface area (Å²) in [5.41, 5.74) is 6.90. The summed E-state index contributed by atoms with van der Waals surface area (Å²) in [5, 5.41) is 6.61. The van der Waals surface area contributed by atoms with Gasteiger partial charge < -0.3 is 16.4 Å². The molecule has 4 N–H and O–H groups in total. The van der Waals surface area contributed by atoms with Gasteiger partial charge in [-0.25, -0.2) is 14.4 Å². The Labute approximate surface area is 190 Å². The summed E-state index contributed by atoms with van der Waals surface area (Å²) in [6.45, 7) is 4.14. The third-order valence-corrected chi connectivity index (χ3v) is 6.40. The first-order valence-electron chi connectivity index (χ1n) is 10.9. The Hall–Kier alpha value is -2.94. The summed E-state index contributed by atoms with van der Waals surface area (Å²) in [6, 6.07) is 4.74. The van der Waals surface area contributed by atoms with Crippen molar-refractivity contribution in [2.75, 3.05) is 10.6 Å². The number of rotatable bonds is 7. The summed E-state index contributed by atoms with van der Waals surface area (Å²) >= 11 is 6.24. The number of nitrogens with zero attached hydrogens (tertiary/aromatic N) is 4. The topological polar surface area (TPSA) is 111 Å². The van der Waals surface area contributed by atoms with Crippen LogP contribution in [0.4, 0.5) is 22.0 Å². The lowest BCUT2D eigenvalue weighted by atomic mass is 9.85. The van der Waals surface area contributed by atoms with E-state index in [0.29, 0.717) is 35.9 Å². The Kier molecular flexibility index (Phi) is 6.45. The van der Waals surface area contributed by atoms with E-state index >= 15 is 0 Å². The first-order valence-corrected chi connectivity index (χ1v) is 11.3. The fourth-order valence-corrected chi connectivity index (χ4v) is 4.27. The Morgan fingerprint density at radius 2 is 2.06 bits per heavy atom. The molecule has 10 heteroatoms. The highest BCUT2D eigenvalue weighted by Gasteiger charge is 2.29. The molecule has 2 heterocycles. The molecule has 32 heavy (non-hydrogen) atoms. The van der Waals surface area contributed by atoms with Gasteiger partial charge in [0.05, 0.1) is 16.9 Å². The van der Waals surface area contributed by atoms with Crippen LogP contribution in [-0.4, -0.2) is 31.5 Å². The Bertz CT molecular complexity index is 1110. The van der Waals surface area contributed by atoms with Crippen molar-refractivity contribution in [3.63, 3.8) is 0 Å².